The van der Waals surface area contributed by atoms with Gasteiger partial charge in [-0.3, -0.25) is 0 Å². The predicted octanol–water partition coefficient (Wildman–Crippen LogP) is 1.77. The van der Waals surface area contributed by atoms with Crippen molar-refractivity contribution in [1.82, 2.24) is 0 Å². The number of hydrogen-bond donors (Lipinski definition) is 1. The molecule has 11 heavy (non-hydrogen) atoms. The highest BCUT2D eigenvalue weighted by atomic mass is 19.4. The molecule has 0 aliphatic rings. The number of aliphatic hydroxyl groups is 1. The first-order chi connectivity index (χ1) is 4.50. The molecule has 0 aliphatic carbocycles. The highest BCUT2D eigenvalue weighted by Gasteiger charge is 2.73. The van der Waals surface area contributed by atoms with Gasteiger partial charge in [-0.1, -0.05) is 0 Å². The first-order valence-electron chi connectivity index (χ1n) is 2.05. The molecule has 0 unspecified atom stereocenters. The van der Waals surface area contributed by atoms with Gasteiger partial charge in [0, 0.05) is 0 Å². The van der Waals surface area contributed by atoms with Crippen molar-refractivity contribution in [2.75, 3.05) is 0 Å². The molecule has 0 aliphatic heterocycles. The summed E-state index contributed by atoms with van der Waals surface area (Å²) in [5.41, 5.74) is 0. The van der Waals surface area contributed by atoms with Crippen LogP contribution in [-0.4, -0.2) is 23.3 Å². The maximum atomic E-state index is 11.3. The number of alkyl halides is 7. The molecule has 1 nitrogen and oxygen atoms in total. The highest BCUT2D eigenvalue weighted by molar-refractivity contribution is 4.82. The van der Waals surface area contributed by atoms with Gasteiger partial charge in [0.1, 0.15) is 0 Å². The quantitative estimate of drug-likeness (QED) is 0.618. The van der Waals surface area contributed by atoms with Crippen molar-refractivity contribution in [2.45, 2.75) is 18.2 Å². The van der Waals surface area contributed by atoms with Gasteiger partial charge in [-0.2, -0.15) is 30.7 Å². The zero-order valence-electron chi connectivity index (χ0n) is 4.59. The molecule has 0 heterocycles. The zero-order chi connectivity index (χ0) is 9.50. The molecular weight excluding hydrogens is 185 g/mol. The Labute approximate surface area is 55.4 Å². The fourth-order valence-electron chi connectivity index (χ4n) is 0.171. The largest absolute Gasteiger partial charge is 0.462 e. The molecule has 0 bridgehead atoms. The molecule has 0 saturated heterocycles. The van der Waals surface area contributed by atoms with E-state index in [2.05, 4.69) is 0 Å². The Bertz CT molecular complexity index is 125. The molecule has 0 atom stereocenters. The van der Waals surface area contributed by atoms with E-state index in [0.29, 0.717) is 0 Å². The van der Waals surface area contributed by atoms with Crippen LogP contribution in [0.2, 0.25) is 0 Å². The van der Waals surface area contributed by atoms with Crippen molar-refractivity contribution in [3.8, 4) is 0 Å². The Morgan fingerprint density at radius 3 is 1.00 bits per heavy atom. The molecule has 0 fully saturated rings. The van der Waals surface area contributed by atoms with Gasteiger partial charge in [0.25, 0.3) is 0 Å². The average Bonchev–Trinajstić information content (AvgIpc) is 1.58. The van der Waals surface area contributed by atoms with Gasteiger partial charge >= 0.3 is 18.2 Å². The molecule has 0 saturated carbocycles. The van der Waals surface area contributed by atoms with Crippen LogP contribution < -0.4 is 0 Å². The van der Waals surface area contributed by atoms with Crippen LogP contribution in [0, 0.1) is 0 Å². The minimum absolute atomic E-state index is 6.08. The lowest BCUT2D eigenvalue weighted by atomic mass is 10.3. The zero-order valence-corrected chi connectivity index (χ0v) is 4.59. The molecule has 0 rings (SSSR count). The Hall–Kier alpha value is -0.530. The minimum Gasteiger partial charge on any atom is -0.331 e. The van der Waals surface area contributed by atoms with Crippen molar-refractivity contribution in [3.63, 3.8) is 0 Å². The molecular formula is C3HF7O. The number of rotatable bonds is 1. The summed E-state index contributed by atoms with van der Waals surface area (Å²) >= 11 is 0. The summed E-state index contributed by atoms with van der Waals surface area (Å²) in [4.78, 5) is 0. The van der Waals surface area contributed by atoms with E-state index in [9.17, 15) is 30.7 Å². The average molecular weight is 186 g/mol. The maximum Gasteiger partial charge on any atom is 0.462 e. The third-order valence-electron chi connectivity index (χ3n) is 0.734. The summed E-state index contributed by atoms with van der Waals surface area (Å²) in [6, 6.07) is 0. The van der Waals surface area contributed by atoms with E-state index in [-0.39, 0.29) is 0 Å². The lowest BCUT2D eigenvalue weighted by molar-refractivity contribution is -0.412. The molecule has 1 N–H and O–H groups in total. The summed E-state index contributed by atoms with van der Waals surface area (Å²) in [5, 5.41) is 7.08. The van der Waals surface area contributed by atoms with E-state index in [0.717, 1.165) is 0 Å². The normalized spacial score (nSPS) is 15.3. The van der Waals surface area contributed by atoms with Gasteiger partial charge in [-0.05, 0) is 0 Å². The van der Waals surface area contributed by atoms with Crippen LogP contribution in [0.5, 0.6) is 0 Å². The smallest absolute Gasteiger partial charge is 0.331 e. The van der Waals surface area contributed by atoms with E-state index < -0.39 is 18.2 Å². The number of halogens is 7. The van der Waals surface area contributed by atoms with Crippen LogP contribution in [0.3, 0.4) is 0 Å². The van der Waals surface area contributed by atoms with Crippen molar-refractivity contribution >= 4 is 0 Å². The van der Waals surface area contributed by atoms with Crippen LogP contribution in [0.25, 0.3) is 0 Å². The SMILES string of the molecule is OC(F)(F)C(F)(F)C(F)(F)F. The summed E-state index contributed by atoms with van der Waals surface area (Å²) < 4.78 is 77.6. The number of hydrogen-bond acceptors (Lipinski definition) is 1. The first-order valence-corrected chi connectivity index (χ1v) is 2.05. The lowest BCUT2D eigenvalue weighted by Crippen LogP contribution is -2.51. The second kappa shape index (κ2) is 2.23. The maximum absolute atomic E-state index is 11.3. The second-order valence-electron chi connectivity index (χ2n) is 1.61. The van der Waals surface area contributed by atoms with Crippen molar-refractivity contribution < 1.29 is 35.8 Å². The molecule has 8 heteroatoms. The third kappa shape index (κ3) is 1.73. The molecule has 0 aromatic carbocycles. The van der Waals surface area contributed by atoms with Gasteiger partial charge in [-0.25, -0.2) is 0 Å². The van der Waals surface area contributed by atoms with Crippen molar-refractivity contribution in [1.29, 1.82) is 0 Å². The second-order valence-corrected chi connectivity index (χ2v) is 1.61. The summed E-state index contributed by atoms with van der Waals surface area (Å²) in [7, 11) is 0. The fourth-order valence-corrected chi connectivity index (χ4v) is 0.171. The standard InChI is InChI=1S/C3HF7O/c4-1(5,2(6,7)8)3(9,10)11/h11H. The summed E-state index contributed by atoms with van der Waals surface area (Å²) in [5.74, 6) is -6.40. The van der Waals surface area contributed by atoms with Crippen LogP contribution in [0.15, 0.2) is 0 Å². The molecule has 0 spiro atoms. The molecule has 0 aromatic rings. The Balaban J connectivity index is 4.75. The molecule has 0 amide bonds. The van der Waals surface area contributed by atoms with Gasteiger partial charge in [0.2, 0.25) is 0 Å². The van der Waals surface area contributed by atoms with Gasteiger partial charge < -0.3 is 5.11 Å². The summed E-state index contributed by atoms with van der Waals surface area (Å²) in [6.07, 6.45) is -12.5. The molecule has 68 valence electrons. The van der Waals surface area contributed by atoms with E-state index in [4.69, 9.17) is 5.11 Å². The van der Waals surface area contributed by atoms with Gasteiger partial charge in [0.05, 0.1) is 0 Å². The monoisotopic (exact) mass is 186 g/mol. The summed E-state index contributed by atoms with van der Waals surface area (Å²) in [6.45, 7) is 0. The van der Waals surface area contributed by atoms with E-state index >= 15 is 0 Å². The third-order valence-corrected chi connectivity index (χ3v) is 0.734. The van der Waals surface area contributed by atoms with Crippen LogP contribution >= 0.6 is 0 Å². The predicted molar refractivity (Wildman–Crippen MR) is 18.2 cm³/mol. The Morgan fingerprint density at radius 1 is 0.727 bits per heavy atom. The first kappa shape index (κ1) is 10.5. The van der Waals surface area contributed by atoms with Crippen molar-refractivity contribution in [2.24, 2.45) is 0 Å². The molecule has 0 radical (unpaired) electrons. The topological polar surface area (TPSA) is 20.2 Å². The van der Waals surface area contributed by atoms with E-state index in [1.165, 1.54) is 0 Å². The van der Waals surface area contributed by atoms with Gasteiger partial charge in [-0.15, -0.1) is 0 Å². The Kier molecular flexibility index (Phi) is 2.12. The van der Waals surface area contributed by atoms with Gasteiger partial charge in [0.15, 0.2) is 0 Å². The lowest BCUT2D eigenvalue weighted by Gasteiger charge is -2.23. The van der Waals surface area contributed by atoms with Crippen LogP contribution in [0.4, 0.5) is 30.7 Å². The van der Waals surface area contributed by atoms with Crippen LogP contribution in [-0.2, 0) is 0 Å². The fraction of sp³-hybridized carbons (Fsp3) is 1.00. The Morgan fingerprint density at radius 2 is 1.00 bits per heavy atom. The molecule has 0 aromatic heterocycles. The van der Waals surface area contributed by atoms with Crippen molar-refractivity contribution in [3.05, 3.63) is 0 Å². The minimum atomic E-state index is -6.45. The van der Waals surface area contributed by atoms with E-state index in [1.807, 2.05) is 0 Å². The van der Waals surface area contributed by atoms with Crippen LogP contribution in [0.1, 0.15) is 0 Å². The van der Waals surface area contributed by atoms with E-state index in [1.54, 1.807) is 0 Å². The highest BCUT2D eigenvalue weighted by Crippen LogP contribution is 2.44.